The Labute approximate surface area is 166 Å². The highest BCUT2D eigenvalue weighted by molar-refractivity contribution is 5.93. The van der Waals surface area contributed by atoms with Gasteiger partial charge in [0.05, 0.1) is 11.0 Å². The predicted molar refractivity (Wildman–Crippen MR) is 110 cm³/mol. The van der Waals surface area contributed by atoms with Gasteiger partial charge in [0.25, 0.3) is 0 Å². The number of rotatable bonds is 3. The summed E-state index contributed by atoms with van der Waals surface area (Å²) in [5.74, 6) is 1.58. The lowest BCUT2D eigenvalue weighted by molar-refractivity contribution is -0.117. The lowest BCUT2D eigenvalue weighted by Gasteiger charge is -2.14. The quantitative estimate of drug-likeness (QED) is 0.818. The molecule has 2 heterocycles. The number of anilines is 1. The van der Waals surface area contributed by atoms with E-state index in [2.05, 4.69) is 16.0 Å². The summed E-state index contributed by atoms with van der Waals surface area (Å²) in [6, 6.07) is 6.27. The van der Waals surface area contributed by atoms with Crippen LogP contribution in [0.25, 0.3) is 11.0 Å². The minimum atomic E-state index is 0. The summed E-state index contributed by atoms with van der Waals surface area (Å²) in [6.07, 6.45) is 8.56. The van der Waals surface area contributed by atoms with Crippen molar-refractivity contribution in [2.45, 2.75) is 64.0 Å². The number of benzene rings is 1. The summed E-state index contributed by atoms with van der Waals surface area (Å²) in [5.41, 5.74) is 9.08. The average Bonchev–Trinajstić information content (AvgIpc) is 3.02. The lowest BCUT2D eigenvalue weighted by atomic mass is 10.00. The van der Waals surface area contributed by atoms with Crippen LogP contribution in [0.4, 0.5) is 5.69 Å². The van der Waals surface area contributed by atoms with Crippen LogP contribution in [0.3, 0.4) is 0 Å². The maximum absolute atomic E-state index is 12.3. The Kier molecular flexibility index (Phi) is 7.33. The summed E-state index contributed by atoms with van der Waals surface area (Å²) in [5, 5.41) is 3.03. The normalized spacial score (nSPS) is 22.0. The van der Waals surface area contributed by atoms with Crippen molar-refractivity contribution in [3.05, 3.63) is 24.0 Å². The van der Waals surface area contributed by atoms with Crippen molar-refractivity contribution in [1.29, 1.82) is 0 Å². The van der Waals surface area contributed by atoms with E-state index in [0.29, 0.717) is 12.3 Å². The third-order valence-electron chi connectivity index (χ3n) is 5.56. The van der Waals surface area contributed by atoms with E-state index in [9.17, 15) is 4.79 Å². The fourth-order valence-corrected chi connectivity index (χ4v) is 4.20. The standard InChI is InChI=1S/C19H26N4O.2ClH/c20-15-6-4-5-13(15)11-19(24)21-14-8-9-17-16(12-14)22-18-7-2-1-3-10-23(17)18;;/h8-9,12-13,15H,1-7,10-11,20H2,(H,21,24);2*1H/t13-,15+;;/m0../s1. The van der Waals surface area contributed by atoms with Gasteiger partial charge in [0, 0.05) is 31.1 Å². The van der Waals surface area contributed by atoms with Crippen LogP contribution >= 0.6 is 24.8 Å². The van der Waals surface area contributed by atoms with E-state index >= 15 is 0 Å². The molecule has 2 aromatic rings. The molecule has 1 amide bonds. The van der Waals surface area contributed by atoms with Crippen molar-refractivity contribution in [2.75, 3.05) is 5.32 Å². The van der Waals surface area contributed by atoms with Crippen LogP contribution in [0.1, 0.15) is 50.8 Å². The van der Waals surface area contributed by atoms with Crippen LogP contribution in [0, 0.1) is 5.92 Å². The molecule has 3 N–H and O–H groups in total. The van der Waals surface area contributed by atoms with Gasteiger partial charge in [-0.3, -0.25) is 4.79 Å². The first kappa shape index (κ1) is 21.0. The van der Waals surface area contributed by atoms with Crippen LogP contribution in [0.5, 0.6) is 0 Å². The summed E-state index contributed by atoms with van der Waals surface area (Å²) >= 11 is 0. The van der Waals surface area contributed by atoms with Crippen molar-refractivity contribution in [2.24, 2.45) is 11.7 Å². The Morgan fingerprint density at radius 3 is 2.81 bits per heavy atom. The molecule has 1 fully saturated rings. The van der Waals surface area contributed by atoms with Gasteiger partial charge in [0.2, 0.25) is 5.91 Å². The number of carbonyl (C=O) groups is 1. The van der Waals surface area contributed by atoms with Crippen LogP contribution in [-0.4, -0.2) is 21.5 Å². The zero-order valence-electron chi connectivity index (χ0n) is 14.9. The molecule has 7 heteroatoms. The van der Waals surface area contributed by atoms with Gasteiger partial charge in [0.1, 0.15) is 5.82 Å². The lowest BCUT2D eigenvalue weighted by Crippen LogP contribution is -2.28. The SMILES string of the molecule is Cl.Cl.N[C@@H]1CCC[C@H]1CC(=O)Nc1ccc2c(c1)nc1n2CCCCC1. The Bertz CT molecular complexity index is 761. The highest BCUT2D eigenvalue weighted by Crippen LogP contribution is 2.28. The molecule has 0 radical (unpaired) electrons. The molecule has 0 unspecified atom stereocenters. The van der Waals surface area contributed by atoms with Gasteiger partial charge in [-0.2, -0.15) is 0 Å². The third kappa shape index (κ3) is 4.33. The zero-order valence-corrected chi connectivity index (χ0v) is 16.6. The number of aromatic nitrogens is 2. The minimum Gasteiger partial charge on any atom is -0.328 e. The van der Waals surface area contributed by atoms with Gasteiger partial charge in [-0.05, 0) is 49.8 Å². The second-order valence-electron chi connectivity index (χ2n) is 7.30. The minimum absolute atomic E-state index is 0. The summed E-state index contributed by atoms with van der Waals surface area (Å²) in [6.45, 7) is 1.05. The number of nitrogens with two attached hydrogens (primary N) is 1. The average molecular weight is 399 g/mol. The number of halogens is 2. The van der Waals surface area contributed by atoms with Gasteiger partial charge in [0.15, 0.2) is 0 Å². The second-order valence-corrected chi connectivity index (χ2v) is 7.30. The Morgan fingerprint density at radius 2 is 2.04 bits per heavy atom. The molecule has 1 aromatic carbocycles. The summed E-state index contributed by atoms with van der Waals surface area (Å²) in [4.78, 5) is 17.1. The van der Waals surface area contributed by atoms with Crippen LogP contribution in [0.2, 0.25) is 0 Å². The smallest absolute Gasteiger partial charge is 0.224 e. The predicted octanol–water partition coefficient (Wildman–Crippen LogP) is 4.06. The van der Waals surface area contributed by atoms with Crippen molar-refractivity contribution in [1.82, 2.24) is 9.55 Å². The largest absolute Gasteiger partial charge is 0.328 e. The van der Waals surface area contributed by atoms with E-state index in [1.165, 1.54) is 30.6 Å². The Hall–Kier alpha value is -1.30. The summed E-state index contributed by atoms with van der Waals surface area (Å²) in [7, 11) is 0. The number of fused-ring (bicyclic) bond motifs is 3. The maximum Gasteiger partial charge on any atom is 0.224 e. The number of amides is 1. The van der Waals surface area contributed by atoms with Gasteiger partial charge in [-0.1, -0.05) is 12.8 Å². The van der Waals surface area contributed by atoms with Crippen molar-refractivity contribution < 1.29 is 4.79 Å². The van der Waals surface area contributed by atoms with E-state index < -0.39 is 0 Å². The molecule has 5 nitrogen and oxygen atoms in total. The van der Waals surface area contributed by atoms with Crippen molar-refractivity contribution in [3.8, 4) is 0 Å². The van der Waals surface area contributed by atoms with Crippen molar-refractivity contribution in [3.63, 3.8) is 0 Å². The molecule has 0 spiro atoms. The fourth-order valence-electron chi connectivity index (χ4n) is 4.20. The van der Waals surface area contributed by atoms with Gasteiger partial charge in [-0.25, -0.2) is 4.98 Å². The van der Waals surface area contributed by atoms with Gasteiger partial charge >= 0.3 is 0 Å². The zero-order chi connectivity index (χ0) is 16.5. The molecular weight excluding hydrogens is 371 g/mol. The number of aryl methyl sites for hydroxylation is 2. The molecule has 1 aliphatic carbocycles. The molecule has 0 saturated heterocycles. The van der Waals surface area contributed by atoms with E-state index in [1.807, 2.05) is 12.1 Å². The van der Waals surface area contributed by atoms with Crippen LogP contribution in [0.15, 0.2) is 18.2 Å². The highest BCUT2D eigenvalue weighted by Gasteiger charge is 2.26. The molecule has 26 heavy (non-hydrogen) atoms. The van der Waals surface area contributed by atoms with Crippen LogP contribution in [-0.2, 0) is 17.8 Å². The van der Waals surface area contributed by atoms with Gasteiger partial charge in [-0.15, -0.1) is 24.8 Å². The van der Waals surface area contributed by atoms with E-state index in [-0.39, 0.29) is 36.8 Å². The highest BCUT2D eigenvalue weighted by atomic mass is 35.5. The van der Waals surface area contributed by atoms with Gasteiger partial charge < -0.3 is 15.6 Å². The topological polar surface area (TPSA) is 72.9 Å². The molecule has 1 aliphatic heterocycles. The first-order chi connectivity index (χ1) is 11.7. The first-order valence-corrected chi connectivity index (χ1v) is 9.25. The molecule has 2 aliphatic rings. The van der Waals surface area contributed by atoms with Crippen molar-refractivity contribution >= 4 is 47.4 Å². The fraction of sp³-hybridized carbons (Fsp3) is 0.579. The Morgan fingerprint density at radius 1 is 1.19 bits per heavy atom. The number of hydrogen-bond acceptors (Lipinski definition) is 3. The van der Waals surface area contributed by atoms with E-state index in [4.69, 9.17) is 10.7 Å². The first-order valence-electron chi connectivity index (χ1n) is 9.25. The maximum atomic E-state index is 12.3. The Balaban J connectivity index is 0.00000121. The van der Waals surface area contributed by atoms with E-state index in [0.717, 1.165) is 43.4 Å². The molecule has 0 bridgehead atoms. The molecule has 2 atom stereocenters. The number of nitrogens with one attached hydrogen (secondary N) is 1. The van der Waals surface area contributed by atoms with Crippen LogP contribution < -0.4 is 11.1 Å². The summed E-state index contributed by atoms with van der Waals surface area (Å²) < 4.78 is 2.34. The molecular formula is C19H28Cl2N4O. The number of imidazole rings is 1. The number of hydrogen-bond donors (Lipinski definition) is 2. The third-order valence-corrected chi connectivity index (χ3v) is 5.56. The number of carbonyl (C=O) groups excluding carboxylic acids is 1. The number of nitrogens with zero attached hydrogens (tertiary/aromatic N) is 2. The molecule has 144 valence electrons. The molecule has 1 saturated carbocycles. The molecule has 1 aromatic heterocycles. The second kappa shape index (κ2) is 9.07. The monoisotopic (exact) mass is 398 g/mol. The van der Waals surface area contributed by atoms with E-state index in [1.54, 1.807) is 0 Å². The molecule has 4 rings (SSSR count).